The van der Waals surface area contributed by atoms with Crippen molar-refractivity contribution >= 4 is 17.6 Å². The summed E-state index contributed by atoms with van der Waals surface area (Å²) in [6.07, 6.45) is 5.44. The van der Waals surface area contributed by atoms with Crippen LogP contribution in [0.3, 0.4) is 0 Å². The van der Waals surface area contributed by atoms with Crippen LogP contribution in [-0.4, -0.2) is 24.2 Å². The second-order valence-corrected chi connectivity index (χ2v) is 6.99. The van der Waals surface area contributed by atoms with Crippen molar-refractivity contribution in [3.63, 3.8) is 0 Å². The lowest BCUT2D eigenvalue weighted by Crippen LogP contribution is -2.11. The topological polar surface area (TPSA) is 75.6 Å². The molecule has 2 N–H and O–H groups in total. The minimum absolute atomic E-state index is 0.0421. The van der Waals surface area contributed by atoms with Crippen LogP contribution in [0.1, 0.15) is 37.4 Å². The van der Waals surface area contributed by atoms with Crippen molar-refractivity contribution in [2.45, 2.75) is 13.5 Å². The number of terminal acetylenes is 1. The van der Waals surface area contributed by atoms with E-state index < -0.39 is 23.6 Å². The van der Waals surface area contributed by atoms with Gasteiger partial charge in [0, 0.05) is 17.7 Å². The number of rotatable bonds is 6. The molecule has 3 rings (SSSR count). The van der Waals surface area contributed by atoms with Crippen molar-refractivity contribution in [3.05, 3.63) is 88.0 Å². The molecular weight excluding hydrogens is 416 g/mol. The Morgan fingerprint density at radius 2 is 1.78 bits per heavy atom. The van der Waals surface area contributed by atoms with Crippen LogP contribution < -0.4 is 5.32 Å². The maximum absolute atomic E-state index is 14.9. The van der Waals surface area contributed by atoms with E-state index in [2.05, 4.69) is 11.2 Å². The SMILES string of the molecule is C#Cc1ccc(C(=O)OC)c(CNc2c(-c3ccc(C(=O)O)cc3)cc(C)c(F)c2F)c1. The van der Waals surface area contributed by atoms with Crippen LogP contribution >= 0.6 is 0 Å². The number of carboxylic acid groups (broad SMARTS) is 1. The number of aryl methyl sites for hydroxylation is 1. The molecule has 0 aliphatic rings. The van der Waals surface area contributed by atoms with Crippen molar-refractivity contribution in [1.82, 2.24) is 0 Å². The summed E-state index contributed by atoms with van der Waals surface area (Å²) < 4.78 is 34.1. The molecule has 7 heteroatoms. The molecule has 32 heavy (non-hydrogen) atoms. The molecule has 0 aliphatic heterocycles. The van der Waals surface area contributed by atoms with E-state index in [1.807, 2.05) is 0 Å². The maximum atomic E-state index is 14.9. The fourth-order valence-electron chi connectivity index (χ4n) is 3.27. The van der Waals surface area contributed by atoms with E-state index >= 15 is 0 Å². The van der Waals surface area contributed by atoms with Gasteiger partial charge in [-0.3, -0.25) is 0 Å². The summed E-state index contributed by atoms with van der Waals surface area (Å²) in [5.74, 6) is -1.32. The van der Waals surface area contributed by atoms with Crippen molar-refractivity contribution < 1.29 is 28.2 Å². The van der Waals surface area contributed by atoms with Gasteiger partial charge < -0.3 is 15.2 Å². The quantitative estimate of drug-likeness (QED) is 0.420. The summed E-state index contributed by atoms with van der Waals surface area (Å²) in [5.41, 5.74) is 2.05. The van der Waals surface area contributed by atoms with Crippen molar-refractivity contribution in [2.24, 2.45) is 0 Å². The third kappa shape index (κ3) is 4.44. The number of carboxylic acids is 1. The van der Waals surface area contributed by atoms with Gasteiger partial charge in [0.15, 0.2) is 11.6 Å². The summed E-state index contributed by atoms with van der Waals surface area (Å²) in [6.45, 7) is 1.39. The first-order valence-electron chi connectivity index (χ1n) is 9.50. The van der Waals surface area contributed by atoms with Crippen LogP contribution in [0.4, 0.5) is 14.5 Å². The highest BCUT2D eigenvalue weighted by atomic mass is 19.2. The monoisotopic (exact) mass is 435 g/mol. The number of carbonyl (C=O) groups is 2. The number of nitrogens with one attached hydrogen (secondary N) is 1. The number of hydrogen-bond donors (Lipinski definition) is 2. The first-order chi connectivity index (χ1) is 15.3. The second kappa shape index (κ2) is 9.31. The van der Waals surface area contributed by atoms with Crippen molar-refractivity contribution in [2.75, 3.05) is 12.4 Å². The van der Waals surface area contributed by atoms with E-state index in [1.54, 1.807) is 12.1 Å². The van der Waals surface area contributed by atoms with Gasteiger partial charge in [-0.05, 0) is 60.0 Å². The lowest BCUT2D eigenvalue weighted by Gasteiger charge is -2.17. The van der Waals surface area contributed by atoms with Gasteiger partial charge in [-0.25, -0.2) is 18.4 Å². The first-order valence-corrected chi connectivity index (χ1v) is 9.50. The summed E-state index contributed by atoms with van der Waals surface area (Å²) in [7, 11) is 1.24. The molecule has 0 atom stereocenters. The molecule has 0 heterocycles. The standard InChI is InChI=1S/C25H19F2NO4/c1-4-15-5-10-19(25(31)32-3)18(12-15)13-28-23-20(11-14(2)21(26)22(23)27)16-6-8-17(9-7-16)24(29)30/h1,5-12,28H,13H2,2-3H3,(H,29,30). The van der Waals surface area contributed by atoms with Gasteiger partial charge in [-0.1, -0.05) is 18.1 Å². The summed E-state index contributed by atoms with van der Waals surface area (Å²) >= 11 is 0. The molecule has 0 amide bonds. The molecule has 3 aromatic carbocycles. The number of hydrogen-bond acceptors (Lipinski definition) is 4. The molecule has 0 radical (unpaired) electrons. The van der Waals surface area contributed by atoms with Gasteiger partial charge in [0.05, 0.1) is 23.9 Å². The molecule has 0 unspecified atom stereocenters. The third-order valence-corrected chi connectivity index (χ3v) is 4.96. The van der Waals surface area contributed by atoms with Crippen LogP contribution in [-0.2, 0) is 11.3 Å². The van der Waals surface area contributed by atoms with Crippen LogP contribution in [0.2, 0.25) is 0 Å². The number of anilines is 1. The van der Waals surface area contributed by atoms with E-state index in [4.69, 9.17) is 16.3 Å². The highest BCUT2D eigenvalue weighted by Crippen LogP contribution is 2.34. The van der Waals surface area contributed by atoms with Crippen LogP contribution in [0.5, 0.6) is 0 Å². The number of benzene rings is 3. The van der Waals surface area contributed by atoms with Gasteiger partial charge in [-0.15, -0.1) is 6.42 Å². The molecule has 0 spiro atoms. The smallest absolute Gasteiger partial charge is 0.338 e. The van der Waals surface area contributed by atoms with Crippen LogP contribution in [0.25, 0.3) is 11.1 Å². The fraction of sp³-hybridized carbons (Fsp3) is 0.120. The van der Waals surface area contributed by atoms with E-state index in [0.717, 1.165) is 0 Å². The molecule has 0 fully saturated rings. The normalized spacial score (nSPS) is 10.3. The third-order valence-electron chi connectivity index (χ3n) is 4.96. The first kappa shape index (κ1) is 22.5. The molecule has 0 aromatic heterocycles. The minimum atomic E-state index is -1.10. The molecule has 0 saturated heterocycles. The highest BCUT2D eigenvalue weighted by molar-refractivity contribution is 5.91. The Balaban J connectivity index is 2.06. The number of halogens is 2. The predicted octanol–water partition coefficient (Wildman–Crippen LogP) is 5.02. The highest BCUT2D eigenvalue weighted by Gasteiger charge is 2.19. The Morgan fingerprint density at radius 1 is 1.09 bits per heavy atom. The van der Waals surface area contributed by atoms with Gasteiger partial charge in [0.2, 0.25) is 0 Å². The maximum Gasteiger partial charge on any atom is 0.338 e. The molecule has 3 aromatic rings. The Morgan fingerprint density at radius 3 is 2.38 bits per heavy atom. The Labute approximate surface area is 183 Å². The zero-order valence-corrected chi connectivity index (χ0v) is 17.3. The lowest BCUT2D eigenvalue weighted by molar-refractivity contribution is 0.0598. The summed E-state index contributed by atoms with van der Waals surface area (Å²) in [5, 5.41) is 12.0. The van der Waals surface area contributed by atoms with Crippen LogP contribution in [0, 0.1) is 30.9 Å². The Kier molecular flexibility index (Phi) is 6.55. The Hall–Kier alpha value is -4.18. The predicted molar refractivity (Wildman–Crippen MR) is 117 cm³/mol. The van der Waals surface area contributed by atoms with Gasteiger partial charge in [0.25, 0.3) is 0 Å². The molecule has 0 bridgehead atoms. The van der Waals surface area contributed by atoms with E-state index in [-0.39, 0.29) is 28.9 Å². The largest absolute Gasteiger partial charge is 0.478 e. The van der Waals surface area contributed by atoms with Gasteiger partial charge >= 0.3 is 11.9 Å². The van der Waals surface area contributed by atoms with Crippen LogP contribution in [0.15, 0.2) is 48.5 Å². The zero-order valence-electron chi connectivity index (χ0n) is 17.3. The van der Waals surface area contributed by atoms with Crippen molar-refractivity contribution in [1.29, 1.82) is 0 Å². The molecule has 5 nitrogen and oxygen atoms in total. The fourth-order valence-corrected chi connectivity index (χ4v) is 3.27. The number of aromatic carboxylic acids is 1. The van der Waals surface area contributed by atoms with E-state index in [9.17, 15) is 18.4 Å². The number of ether oxygens (including phenoxy) is 1. The molecular formula is C25H19F2NO4. The average molecular weight is 435 g/mol. The number of carbonyl (C=O) groups excluding carboxylic acids is 1. The zero-order chi connectivity index (χ0) is 23.4. The van der Waals surface area contributed by atoms with Gasteiger partial charge in [-0.2, -0.15) is 0 Å². The van der Waals surface area contributed by atoms with Crippen molar-refractivity contribution in [3.8, 4) is 23.5 Å². The number of methoxy groups -OCH3 is 1. The second-order valence-electron chi connectivity index (χ2n) is 6.99. The van der Waals surface area contributed by atoms with E-state index in [0.29, 0.717) is 22.3 Å². The van der Waals surface area contributed by atoms with Gasteiger partial charge in [0.1, 0.15) is 0 Å². The lowest BCUT2D eigenvalue weighted by atomic mass is 9.98. The molecule has 0 aliphatic carbocycles. The Bertz CT molecular complexity index is 1240. The number of esters is 1. The average Bonchev–Trinajstić information content (AvgIpc) is 2.81. The summed E-state index contributed by atoms with van der Waals surface area (Å²) in [4.78, 5) is 23.2. The molecule has 0 saturated carbocycles. The molecule has 162 valence electrons. The minimum Gasteiger partial charge on any atom is -0.478 e. The summed E-state index contributed by atoms with van der Waals surface area (Å²) in [6, 6.07) is 11.9. The van der Waals surface area contributed by atoms with E-state index in [1.165, 1.54) is 50.4 Å².